The van der Waals surface area contributed by atoms with E-state index in [0.29, 0.717) is 16.5 Å². The van der Waals surface area contributed by atoms with Crippen LogP contribution in [0.1, 0.15) is 26.5 Å². The molecule has 0 saturated heterocycles. The predicted octanol–water partition coefficient (Wildman–Crippen LogP) is 3.60. The summed E-state index contributed by atoms with van der Waals surface area (Å²) in [4.78, 5) is 22.7. The van der Waals surface area contributed by atoms with Crippen LogP contribution in [-0.2, 0) is 11.3 Å². The number of esters is 1. The first-order valence-electron chi connectivity index (χ1n) is 6.46. The topological polar surface area (TPSA) is 56.5 Å². The van der Waals surface area contributed by atoms with Crippen LogP contribution < -0.4 is 0 Å². The molecule has 0 aliphatic heterocycles. The van der Waals surface area contributed by atoms with Crippen LogP contribution in [0, 0.1) is 0 Å². The number of rotatable bonds is 4. The van der Waals surface area contributed by atoms with Gasteiger partial charge in [-0.1, -0.05) is 30.3 Å². The molecule has 0 fully saturated rings. The van der Waals surface area contributed by atoms with Crippen LogP contribution in [0.25, 0.3) is 11.0 Å². The van der Waals surface area contributed by atoms with Gasteiger partial charge in [0, 0.05) is 10.9 Å². The van der Waals surface area contributed by atoms with Crippen molar-refractivity contribution in [1.82, 2.24) is 0 Å². The van der Waals surface area contributed by atoms with E-state index >= 15 is 0 Å². The number of ether oxygens (including phenoxy) is 1. The summed E-state index contributed by atoms with van der Waals surface area (Å²) in [5.41, 5.74) is 1.99. The molecule has 0 bridgehead atoms. The molecule has 104 valence electrons. The maximum Gasteiger partial charge on any atom is 0.374 e. The van der Waals surface area contributed by atoms with Crippen LogP contribution in [-0.4, -0.2) is 12.3 Å². The third kappa shape index (κ3) is 2.84. The second-order valence-corrected chi connectivity index (χ2v) is 4.59. The first-order valence-corrected chi connectivity index (χ1v) is 6.46. The van der Waals surface area contributed by atoms with Gasteiger partial charge >= 0.3 is 5.97 Å². The van der Waals surface area contributed by atoms with Crippen molar-refractivity contribution in [2.75, 3.05) is 0 Å². The van der Waals surface area contributed by atoms with Crippen molar-refractivity contribution >= 4 is 23.2 Å². The van der Waals surface area contributed by atoms with Crippen LogP contribution in [0.2, 0.25) is 0 Å². The molecule has 1 heterocycles. The summed E-state index contributed by atoms with van der Waals surface area (Å²) in [6, 6.07) is 16.0. The molecule has 0 saturated carbocycles. The first kappa shape index (κ1) is 13.1. The molecule has 0 spiro atoms. The van der Waals surface area contributed by atoms with Gasteiger partial charge < -0.3 is 9.15 Å². The largest absolute Gasteiger partial charge is 0.455 e. The zero-order chi connectivity index (χ0) is 14.7. The summed E-state index contributed by atoms with van der Waals surface area (Å²) >= 11 is 0. The number of carbonyl (C=O) groups is 2. The Hall–Kier alpha value is -2.88. The second-order valence-electron chi connectivity index (χ2n) is 4.59. The minimum atomic E-state index is -0.525. The summed E-state index contributed by atoms with van der Waals surface area (Å²) in [6.45, 7) is 0.191. The Kier molecular flexibility index (Phi) is 3.51. The van der Waals surface area contributed by atoms with Crippen LogP contribution in [0.15, 0.2) is 59.0 Å². The zero-order valence-corrected chi connectivity index (χ0v) is 11.1. The molecule has 4 heteroatoms. The molecule has 4 nitrogen and oxygen atoms in total. The fourth-order valence-electron chi connectivity index (χ4n) is 2.03. The number of fused-ring (bicyclic) bond motifs is 1. The zero-order valence-electron chi connectivity index (χ0n) is 11.1. The third-order valence-corrected chi connectivity index (χ3v) is 3.09. The average Bonchev–Trinajstić information content (AvgIpc) is 2.96. The molecule has 0 radical (unpaired) electrons. The first-order chi connectivity index (χ1) is 10.3. The lowest BCUT2D eigenvalue weighted by atomic mass is 10.2. The monoisotopic (exact) mass is 280 g/mol. The van der Waals surface area contributed by atoms with E-state index in [2.05, 4.69) is 0 Å². The van der Waals surface area contributed by atoms with Gasteiger partial charge in [-0.2, -0.15) is 0 Å². The van der Waals surface area contributed by atoms with Gasteiger partial charge in [0.1, 0.15) is 18.5 Å². The molecule has 0 aliphatic rings. The van der Waals surface area contributed by atoms with Crippen molar-refractivity contribution < 1.29 is 18.7 Å². The Morgan fingerprint density at radius 2 is 1.90 bits per heavy atom. The van der Waals surface area contributed by atoms with Crippen LogP contribution in [0.4, 0.5) is 0 Å². The van der Waals surface area contributed by atoms with Gasteiger partial charge in [0.05, 0.1) is 0 Å². The minimum absolute atomic E-state index is 0.129. The molecule has 0 aliphatic carbocycles. The van der Waals surface area contributed by atoms with Crippen molar-refractivity contribution in [3.8, 4) is 0 Å². The van der Waals surface area contributed by atoms with Gasteiger partial charge in [-0.25, -0.2) is 4.79 Å². The van der Waals surface area contributed by atoms with E-state index in [1.54, 1.807) is 24.3 Å². The third-order valence-electron chi connectivity index (χ3n) is 3.09. The van der Waals surface area contributed by atoms with Crippen molar-refractivity contribution in [3.05, 3.63) is 71.5 Å². The highest BCUT2D eigenvalue weighted by molar-refractivity contribution is 5.94. The highest BCUT2D eigenvalue weighted by Gasteiger charge is 2.14. The van der Waals surface area contributed by atoms with E-state index in [-0.39, 0.29) is 12.4 Å². The summed E-state index contributed by atoms with van der Waals surface area (Å²) in [5, 5.41) is 0.700. The smallest absolute Gasteiger partial charge is 0.374 e. The number of hydrogen-bond donors (Lipinski definition) is 0. The number of aldehydes is 1. The Morgan fingerprint density at radius 3 is 2.67 bits per heavy atom. The van der Waals surface area contributed by atoms with Gasteiger partial charge in [0.2, 0.25) is 5.76 Å². The minimum Gasteiger partial charge on any atom is -0.455 e. The van der Waals surface area contributed by atoms with E-state index in [1.165, 1.54) is 0 Å². The van der Waals surface area contributed by atoms with E-state index in [4.69, 9.17) is 9.15 Å². The Bertz CT molecular complexity index is 787. The number of furan rings is 1. The average molecular weight is 280 g/mol. The highest BCUT2D eigenvalue weighted by Crippen LogP contribution is 2.21. The standard InChI is InChI=1S/C17H12O4/c18-10-13-6-7-15-14(8-13)9-16(21-15)17(19)20-11-12-4-2-1-3-5-12/h1-10H,11H2. The van der Waals surface area contributed by atoms with Gasteiger partial charge in [-0.3, -0.25) is 4.79 Å². The Labute approximate surface area is 120 Å². The van der Waals surface area contributed by atoms with Crippen LogP contribution >= 0.6 is 0 Å². The lowest BCUT2D eigenvalue weighted by Crippen LogP contribution is -2.03. The van der Waals surface area contributed by atoms with Crippen molar-refractivity contribution in [2.45, 2.75) is 6.61 Å². The molecule has 21 heavy (non-hydrogen) atoms. The molecule has 0 atom stereocenters. The lowest BCUT2D eigenvalue weighted by molar-refractivity contribution is 0.0438. The van der Waals surface area contributed by atoms with Crippen molar-refractivity contribution in [2.24, 2.45) is 0 Å². The quantitative estimate of drug-likeness (QED) is 0.541. The van der Waals surface area contributed by atoms with Gasteiger partial charge in [-0.05, 0) is 29.8 Å². The molecule has 2 aromatic carbocycles. The fourth-order valence-corrected chi connectivity index (χ4v) is 2.03. The molecular formula is C17H12O4. The van der Waals surface area contributed by atoms with Crippen molar-refractivity contribution in [1.29, 1.82) is 0 Å². The molecule has 0 amide bonds. The predicted molar refractivity (Wildman–Crippen MR) is 77.2 cm³/mol. The number of benzene rings is 2. The highest BCUT2D eigenvalue weighted by atomic mass is 16.5. The fraction of sp³-hybridized carbons (Fsp3) is 0.0588. The summed E-state index contributed by atoms with van der Waals surface area (Å²) in [7, 11) is 0. The molecule has 1 aromatic heterocycles. The summed E-state index contributed by atoms with van der Waals surface area (Å²) in [5.74, 6) is -0.397. The van der Waals surface area contributed by atoms with E-state index < -0.39 is 5.97 Å². The second kappa shape index (κ2) is 5.63. The van der Waals surface area contributed by atoms with Crippen LogP contribution in [0.3, 0.4) is 0 Å². The number of hydrogen-bond acceptors (Lipinski definition) is 4. The van der Waals surface area contributed by atoms with E-state index in [1.807, 2.05) is 30.3 Å². The molecule has 0 unspecified atom stereocenters. The van der Waals surface area contributed by atoms with Crippen molar-refractivity contribution in [3.63, 3.8) is 0 Å². The van der Waals surface area contributed by atoms with Gasteiger partial charge in [0.25, 0.3) is 0 Å². The Balaban J connectivity index is 1.76. The van der Waals surface area contributed by atoms with E-state index in [9.17, 15) is 9.59 Å². The van der Waals surface area contributed by atoms with Gasteiger partial charge in [0.15, 0.2) is 0 Å². The maximum absolute atomic E-state index is 12.0. The SMILES string of the molecule is O=Cc1ccc2oc(C(=O)OCc3ccccc3)cc2c1. The summed E-state index contributed by atoms with van der Waals surface area (Å²) < 4.78 is 10.6. The summed E-state index contributed by atoms with van der Waals surface area (Å²) in [6.07, 6.45) is 0.750. The van der Waals surface area contributed by atoms with Crippen LogP contribution in [0.5, 0.6) is 0 Å². The molecular weight excluding hydrogens is 268 g/mol. The maximum atomic E-state index is 12.0. The molecule has 3 rings (SSSR count). The molecule has 3 aromatic rings. The van der Waals surface area contributed by atoms with Gasteiger partial charge in [-0.15, -0.1) is 0 Å². The Morgan fingerprint density at radius 1 is 1.10 bits per heavy atom. The number of carbonyl (C=O) groups excluding carboxylic acids is 2. The lowest BCUT2D eigenvalue weighted by Gasteiger charge is -2.02. The molecule has 0 N–H and O–H groups in total. The van der Waals surface area contributed by atoms with E-state index in [0.717, 1.165) is 11.8 Å². The normalized spacial score (nSPS) is 10.5.